The third-order valence-electron chi connectivity index (χ3n) is 2.57. The molecule has 0 unspecified atom stereocenters. The fourth-order valence-corrected chi connectivity index (χ4v) is 1.89. The van der Waals surface area contributed by atoms with Crippen molar-refractivity contribution in [3.05, 3.63) is 58.6 Å². The molecular formula is C13H10ClF2N3O. The molecule has 0 radical (unpaired) electrons. The number of halogens is 3. The lowest BCUT2D eigenvalue weighted by Gasteiger charge is -2.11. The van der Waals surface area contributed by atoms with Gasteiger partial charge in [0, 0.05) is 6.07 Å². The van der Waals surface area contributed by atoms with E-state index in [1.165, 1.54) is 6.07 Å². The van der Waals surface area contributed by atoms with Gasteiger partial charge < -0.3 is 10.7 Å². The second kappa shape index (κ2) is 5.85. The molecule has 4 N–H and O–H groups in total. The van der Waals surface area contributed by atoms with Crippen LogP contribution in [-0.4, -0.2) is 5.91 Å². The molecule has 0 saturated carbocycles. The molecule has 4 nitrogen and oxygen atoms in total. The zero-order valence-electron chi connectivity index (χ0n) is 10.1. The standard InChI is InChI=1S/C13H10ClF2N3O/c14-9-5-7(15)6-10(16)12(9)18-13(20)8-3-1-2-4-11(8)19-17/h1-6,19H,17H2,(H,18,20). The van der Waals surface area contributed by atoms with E-state index in [2.05, 4.69) is 10.7 Å². The molecule has 2 rings (SSSR count). The summed E-state index contributed by atoms with van der Waals surface area (Å²) in [6.07, 6.45) is 0. The number of rotatable bonds is 3. The van der Waals surface area contributed by atoms with E-state index in [4.69, 9.17) is 17.4 Å². The molecule has 0 saturated heterocycles. The predicted molar refractivity (Wildman–Crippen MR) is 73.6 cm³/mol. The molecule has 0 aliphatic heterocycles. The Kier molecular flexibility index (Phi) is 4.16. The molecule has 7 heteroatoms. The van der Waals surface area contributed by atoms with Gasteiger partial charge in [0.05, 0.1) is 22.0 Å². The van der Waals surface area contributed by atoms with Crippen LogP contribution in [0.25, 0.3) is 0 Å². The van der Waals surface area contributed by atoms with Crippen LogP contribution in [0.1, 0.15) is 10.4 Å². The number of carbonyl (C=O) groups excluding carboxylic acids is 1. The Morgan fingerprint density at radius 1 is 1.20 bits per heavy atom. The van der Waals surface area contributed by atoms with E-state index in [1.54, 1.807) is 18.2 Å². The summed E-state index contributed by atoms with van der Waals surface area (Å²) in [6, 6.07) is 7.93. The van der Waals surface area contributed by atoms with Crippen molar-refractivity contribution in [1.82, 2.24) is 0 Å². The van der Waals surface area contributed by atoms with Gasteiger partial charge in [0.1, 0.15) is 5.82 Å². The lowest BCUT2D eigenvalue weighted by Crippen LogP contribution is -2.18. The molecule has 0 aromatic heterocycles. The minimum Gasteiger partial charge on any atom is -0.323 e. The summed E-state index contributed by atoms with van der Waals surface area (Å²) in [4.78, 5) is 12.1. The van der Waals surface area contributed by atoms with Gasteiger partial charge in [0.25, 0.3) is 5.91 Å². The molecule has 0 bridgehead atoms. The topological polar surface area (TPSA) is 67.1 Å². The molecule has 0 fully saturated rings. The van der Waals surface area contributed by atoms with Crippen molar-refractivity contribution in [3.63, 3.8) is 0 Å². The van der Waals surface area contributed by atoms with Gasteiger partial charge in [-0.25, -0.2) is 8.78 Å². The summed E-state index contributed by atoms with van der Waals surface area (Å²) in [7, 11) is 0. The number of hydrogen-bond donors (Lipinski definition) is 3. The quantitative estimate of drug-likeness (QED) is 0.602. The first-order valence-corrected chi connectivity index (χ1v) is 5.92. The van der Waals surface area contributed by atoms with Crippen LogP contribution in [0.5, 0.6) is 0 Å². The van der Waals surface area contributed by atoms with Gasteiger partial charge in [0.2, 0.25) is 0 Å². The fourth-order valence-electron chi connectivity index (χ4n) is 1.65. The Balaban J connectivity index is 2.33. The molecule has 0 heterocycles. The molecule has 104 valence electrons. The maximum absolute atomic E-state index is 13.6. The van der Waals surface area contributed by atoms with Crippen molar-refractivity contribution < 1.29 is 13.6 Å². The minimum atomic E-state index is -0.957. The first kappa shape index (κ1) is 14.2. The molecular weight excluding hydrogens is 288 g/mol. The van der Waals surface area contributed by atoms with Crippen LogP contribution < -0.4 is 16.6 Å². The molecule has 2 aromatic rings. The van der Waals surface area contributed by atoms with Gasteiger partial charge in [-0.05, 0) is 18.2 Å². The number of carbonyl (C=O) groups is 1. The third-order valence-corrected chi connectivity index (χ3v) is 2.87. The van der Waals surface area contributed by atoms with Crippen molar-refractivity contribution in [2.24, 2.45) is 5.84 Å². The zero-order chi connectivity index (χ0) is 14.7. The Morgan fingerprint density at radius 2 is 1.90 bits per heavy atom. The molecule has 0 aliphatic rings. The van der Waals surface area contributed by atoms with Gasteiger partial charge in [-0.1, -0.05) is 23.7 Å². The van der Waals surface area contributed by atoms with Crippen LogP contribution in [0.3, 0.4) is 0 Å². The van der Waals surface area contributed by atoms with Crippen LogP contribution in [0.15, 0.2) is 36.4 Å². The minimum absolute atomic E-state index is 0.204. The van der Waals surface area contributed by atoms with Crippen molar-refractivity contribution in [2.75, 3.05) is 10.7 Å². The highest BCUT2D eigenvalue weighted by Crippen LogP contribution is 2.27. The van der Waals surface area contributed by atoms with Crippen LogP contribution in [0.4, 0.5) is 20.2 Å². The van der Waals surface area contributed by atoms with E-state index in [1.807, 2.05) is 0 Å². The van der Waals surface area contributed by atoms with Crippen LogP contribution >= 0.6 is 11.6 Å². The molecule has 0 spiro atoms. The molecule has 0 atom stereocenters. The average Bonchev–Trinajstić information content (AvgIpc) is 2.42. The molecule has 0 aliphatic carbocycles. The van der Waals surface area contributed by atoms with Crippen molar-refractivity contribution in [1.29, 1.82) is 0 Å². The van der Waals surface area contributed by atoms with E-state index in [0.29, 0.717) is 11.8 Å². The van der Waals surface area contributed by atoms with Crippen molar-refractivity contribution >= 4 is 28.9 Å². The van der Waals surface area contributed by atoms with Gasteiger partial charge >= 0.3 is 0 Å². The molecule has 20 heavy (non-hydrogen) atoms. The summed E-state index contributed by atoms with van der Waals surface area (Å²) in [6.45, 7) is 0. The second-order valence-corrected chi connectivity index (χ2v) is 4.30. The van der Waals surface area contributed by atoms with Gasteiger partial charge in [0.15, 0.2) is 5.82 Å². The highest BCUT2D eigenvalue weighted by molar-refractivity contribution is 6.34. The summed E-state index contributed by atoms with van der Waals surface area (Å²) >= 11 is 5.70. The number of nitrogen functional groups attached to an aromatic ring is 1. The summed E-state index contributed by atoms with van der Waals surface area (Å²) in [5.41, 5.74) is 2.63. The molecule has 1 amide bonds. The number of para-hydroxylation sites is 1. The summed E-state index contributed by atoms with van der Waals surface area (Å²) in [5, 5.41) is 2.06. The first-order chi connectivity index (χ1) is 9.52. The average molecular weight is 298 g/mol. The maximum atomic E-state index is 13.6. The number of hydrogen-bond acceptors (Lipinski definition) is 3. The maximum Gasteiger partial charge on any atom is 0.257 e. The first-order valence-electron chi connectivity index (χ1n) is 5.54. The predicted octanol–water partition coefficient (Wildman–Crippen LogP) is 3.16. The normalized spacial score (nSPS) is 10.2. The number of anilines is 2. The zero-order valence-corrected chi connectivity index (χ0v) is 10.8. The number of benzene rings is 2. The highest BCUT2D eigenvalue weighted by atomic mass is 35.5. The summed E-state index contributed by atoms with van der Waals surface area (Å²) in [5.74, 6) is 2.88. The highest BCUT2D eigenvalue weighted by Gasteiger charge is 2.16. The Bertz CT molecular complexity index is 641. The second-order valence-electron chi connectivity index (χ2n) is 3.89. The smallest absolute Gasteiger partial charge is 0.257 e. The number of nitrogens with two attached hydrogens (primary N) is 1. The van der Waals surface area contributed by atoms with E-state index < -0.39 is 17.5 Å². The number of hydrazine groups is 1. The summed E-state index contributed by atoms with van der Waals surface area (Å²) < 4.78 is 26.5. The van der Waals surface area contributed by atoms with E-state index in [0.717, 1.165) is 6.07 Å². The number of nitrogens with one attached hydrogen (secondary N) is 2. The monoisotopic (exact) mass is 297 g/mol. The van der Waals surface area contributed by atoms with Crippen molar-refractivity contribution in [3.8, 4) is 0 Å². The van der Waals surface area contributed by atoms with Gasteiger partial charge in [-0.2, -0.15) is 0 Å². The van der Waals surface area contributed by atoms with E-state index in [9.17, 15) is 13.6 Å². The van der Waals surface area contributed by atoms with Gasteiger partial charge in [-0.3, -0.25) is 10.6 Å². The fraction of sp³-hybridized carbons (Fsp3) is 0. The largest absolute Gasteiger partial charge is 0.323 e. The number of amides is 1. The van der Waals surface area contributed by atoms with E-state index >= 15 is 0 Å². The van der Waals surface area contributed by atoms with Crippen molar-refractivity contribution in [2.45, 2.75) is 0 Å². The van der Waals surface area contributed by atoms with Crippen LogP contribution in [0, 0.1) is 11.6 Å². The molecule has 2 aromatic carbocycles. The SMILES string of the molecule is NNc1ccccc1C(=O)Nc1c(F)cc(F)cc1Cl. The van der Waals surface area contributed by atoms with Crippen LogP contribution in [0.2, 0.25) is 5.02 Å². The lowest BCUT2D eigenvalue weighted by molar-refractivity contribution is 0.102. The van der Waals surface area contributed by atoms with Crippen LogP contribution in [-0.2, 0) is 0 Å². The van der Waals surface area contributed by atoms with Gasteiger partial charge in [-0.15, -0.1) is 0 Å². The Morgan fingerprint density at radius 3 is 2.55 bits per heavy atom. The van der Waals surface area contributed by atoms with E-state index in [-0.39, 0.29) is 16.3 Å². The third kappa shape index (κ3) is 2.87. The Hall–Kier alpha value is -2.18. The lowest BCUT2D eigenvalue weighted by atomic mass is 10.1. The Labute approximate surface area is 118 Å².